The van der Waals surface area contributed by atoms with Crippen molar-refractivity contribution in [3.63, 3.8) is 0 Å². The van der Waals surface area contributed by atoms with Crippen molar-refractivity contribution in [2.24, 2.45) is 10.8 Å². The van der Waals surface area contributed by atoms with E-state index in [9.17, 15) is 12.9 Å². The molecule has 0 unspecified atom stereocenters. The molecule has 0 atom stereocenters. The molecule has 76 valence electrons. The van der Waals surface area contributed by atoms with Gasteiger partial charge < -0.3 is 12.9 Å². The largest absolute Gasteiger partial charge is 1.00 e. The van der Waals surface area contributed by atoms with E-state index in [4.69, 9.17) is 0 Å². The van der Waals surface area contributed by atoms with Crippen molar-refractivity contribution >= 4 is 6.98 Å². The smallest absolute Gasteiger partial charge is 0.449 e. The summed E-state index contributed by atoms with van der Waals surface area (Å²) in [4.78, 5) is 0. The van der Waals surface area contributed by atoms with Gasteiger partial charge in [0.1, 0.15) is 0 Å². The quantitative estimate of drug-likeness (QED) is 0.585. The fourth-order valence-electron chi connectivity index (χ4n) is 3.59. The van der Waals surface area contributed by atoms with Crippen molar-refractivity contribution in [1.29, 1.82) is 0 Å². The number of hydrogen-bond donors (Lipinski definition) is 0. The number of halogens is 3. The summed E-state index contributed by atoms with van der Waals surface area (Å²) in [5, 5.41) is 0. The van der Waals surface area contributed by atoms with Gasteiger partial charge in [-0.05, 0) is 23.7 Å². The Kier molecular flexibility index (Phi) is 3.64. The van der Waals surface area contributed by atoms with E-state index >= 15 is 0 Å². The third-order valence-corrected chi connectivity index (χ3v) is 3.63. The van der Waals surface area contributed by atoms with Crippen LogP contribution in [0.3, 0.4) is 0 Å². The molecule has 0 nitrogen and oxygen atoms in total. The topological polar surface area (TPSA) is 0 Å². The van der Waals surface area contributed by atoms with Gasteiger partial charge in [0.15, 0.2) is 0 Å². The molecule has 0 aliphatic heterocycles. The summed E-state index contributed by atoms with van der Waals surface area (Å²) in [6.07, 6.45) is 2.84. The average Bonchev–Trinajstić information content (AvgIpc) is 1.72. The molecule has 0 saturated heterocycles. The molecule has 0 aromatic heterocycles. The summed E-state index contributed by atoms with van der Waals surface area (Å²) in [7, 11) is 0. The third kappa shape index (κ3) is 2.42. The third-order valence-electron chi connectivity index (χ3n) is 3.63. The van der Waals surface area contributed by atoms with Crippen LogP contribution in [-0.4, -0.2) is 6.98 Å². The fraction of sp³-hybridized carbons (Fsp3) is 1.00. The molecule has 0 aromatic rings. The zero-order valence-electron chi connectivity index (χ0n) is 9.12. The van der Waals surface area contributed by atoms with E-state index in [-0.39, 0.29) is 56.8 Å². The molecule has 5 heteroatoms. The molecular formula is C9H15BF3K. The molecule has 1 spiro atoms. The van der Waals surface area contributed by atoms with E-state index in [0.717, 1.165) is 12.8 Å². The Hall–Kier alpha value is 1.49. The molecular weight excluding hydrogens is 215 g/mol. The summed E-state index contributed by atoms with van der Waals surface area (Å²) >= 11 is 0. The average molecular weight is 230 g/mol. The van der Waals surface area contributed by atoms with Crippen molar-refractivity contribution in [2.75, 3.05) is 0 Å². The van der Waals surface area contributed by atoms with Crippen LogP contribution in [0.25, 0.3) is 0 Å². The van der Waals surface area contributed by atoms with Crippen LogP contribution in [0.4, 0.5) is 12.9 Å². The first-order valence-corrected chi connectivity index (χ1v) is 4.93. The van der Waals surface area contributed by atoms with E-state index in [1.165, 1.54) is 0 Å². The molecule has 2 fully saturated rings. The van der Waals surface area contributed by atoms with Crippen LogP contribution in [-0.2, 0) is 0 Å². The van der Waals surface area contributed by atoms with Gasteiger partial charge in [0, 0.05) is 0 Å². The van der Waals surface area contributed by atoms with Crippen molar-refractivity contribution in [3.8, 4) is 0 Å². The van der Waals surface area contributed by atoms with E-state index in [2.05, 4.69) is 13.8 Å². The summed E-state index contributed by atoms with van der Waals surface area (Å²) in [6.45, 7) is -0.262. The molecule has 0 radical (unpaired) electrons. The molecule has 0 bridgehead atoms. The Bertz CT molecular complexity index is 221. The van der Waals surface area contributed by atoms with E-state index in [1.807, 2.05) is 0 Å². The van der Waals surface area contributed by atoms with Crippen LogP contribution in [0, 0.1) is 10.8 Å². The molecule has 0 amide bonds. The minimum atomic E-state index is -4.55. The van der Waals surface area contributed by atoms with Gasteiger partial charge in [-0.25, -0.2) is 0 Å². The van der Waals surface area contributed by atoms with E-state index in [0.29, 0.717) is 18.3 Å². The van der Waals surface area contributed by atoms with Crippen LogP contribution in [0.2, 0.25) is 5.82 Å². The minimum absolute atomic E-state index is 0. The van der Waals surface area contributed by atoms with Crippen LogP contribution in [0.15, 0.2) is 0 Å². The van der Waals surface area contributed by atoms with Crippen molar-refractivity contribution in [2.45, 2.75) is 45.3 Å². The maximum Gasteiger partial charge on any atom is 1.00 e. The molecule has 0 aromatic carbocycles. The monoisotopic (exact) mass is 230 g/mol. The number of hydrogen-bond acceptors (Lipinski definition) is 0. The minimum Gasteiger partial charge on any atom is -0.449 e. The summed E-state index contributed by atoms with van der Waals surface area (Å²) in [5.74, 6) is -0.934. The first-order valence-electron chi connectivity index (χ1n) is 4.93. The second-order valence-electron chi connectivity index (χ2n) is 5.81. The molecule has 2 rings (SSSR count). The normalized spacial score (nSPS) is 28.9. The maximum atomic E-state index is 12.3. The van der Waals surface area contributed by atoms with Gasteiger partial charge in [0.25, 0.3) is 0 Å². The van der Waals surface area contributed by atoms with Crippen LogP contribution >= 0.6 is 0 Å². The zero-order valence-corrected chi connectivity index (χ0v) is 12.2. The Labute approximate surface area is 126 Å². The molecule has 2 aliphatic rings. The first-order chi connectivity index (χ1) is 5.73. The summed E-state index contributed by atoms with van der Waals surface area (Å²) < 4.78 is 36.8. The zero-order chi connectivity index (χ0) is 9.91. The van der Waals surface area contributed by atoms with Crippen LogP contribution in [0.5, 0.6) is 0 Å². The summed E-state index contributed by atoms with van der Waals surface area (Å²) in [6, 6.07) is 0. The molecule has 0 N–H and O–H groups in total. The van der Waals surface area contributed by atoms with Crippen LogP contribution in [0.1, 0.15) is 39.5 Å². The summed E-state index contributed by atoms with van der Waals surface area (Å²) in [5.41, 5.74) is 0.412. The van der Waals surface area contributed by atoms with Crippen molar-refractivity contribution in [1.82, 2.24) is 0 Å². The predicted molar refractivity (Wildman–Crippen MR) is 47.5 cm³/mol. The van der Waals surface area contributed by atoms with Gasteiger partial charge in [-0.3, -0.25) is 0 Å². The van der Waals surface area contributed by atoms with E-state index < -0.39 is 12.8 Å². The van der Waals surface area contributed by atoms with Gasteiger partial charge in [-0.15, -0.1) is 0 Å². The van der Waals surface area contributed by atoms with Gasteiger partial charge >= 0.3 is 58.4 Å². The van der Waals surface area contributed by atoms with Crippen LogP contribution < -0.4 is 51.4 Å². The van der Waals surface area contributed by atoms with Crippen molar-refractivity contribution in [3.05, 3.63) is 0 Å². The Balaban J connectivity index is 0.000000980. The van der Waals surface area contributed by atoms with Gasteiger partial charge in [-0.2, -0.15) is 0 Å². The maximum absolute atomic E-state index is 12.3. The van der Waals surface area contributed by atoms with E-state index in [1.54, 1.807) is 0 Å². The molecule has 14 heavy (non-hydrogen) atoms. The second-order valence-corrected chi connectivity index (χ2v) is 5.81. The molecule has 2 saturated carbocycles. The molecule has 2 aliphatic carbocycles. The fourth-order valence-corrected chi connectivity index (χ4v) is 3.59. The Morgan fingerprint density at radius 2 is 1.50 bits per heavy atom. The molecule has 0 heterocycles. The van der Waals surface area contributed by atoms with Gasteiger partial charge in [-0.1, -0.05) is 32.5 Å². The van der Waals surface area contributed by atoms with Crippen molar-refractivity contribution < 1.29 is 64.3 Å². The van der Waals surface area contributed by atoms with Gasteiger partial charge in [0.05, 0.1) is 0 Å². The Morgan fingerprint density at radius 1 is 1.07 bits per heavy atom. The van der Waals surface area contributed by atoms with Gasteiger partial charge in [0.2, 0.25) is 0 Å². The SMILES string of the molecule is CC1(C)CC2(CC([B-](F)(F)F)C2)C1.[K+]. The Morgan fingerprint density at radius 3 is 1.79 bits per heavy atom. The number of rotatable bonds is 1. The standard InChI is InChI=1S/C9H15BF3.K/c1-8(2)5-9(6-8)3-7(4-9)10(11,12)13;/h7H,3-6H2,1-2H3;/q-1;+1. The second kappa shape index (κ2) is 3.76. The first kappa shape index (κ1) is 13.6. The predicted octanol–water partition coefficient (Wildman–Crippen LogP) is 0.808.